The highest BCUT2D eigenvalue weighted by Gasteiger charge is 2.32. The van der Waals surface area contributed by atoms with Gasteiger partial charge in [0, 0.05) is 0 Å². The van der Waals surface area contributed by atoms with E-state index in [1.165, 1.54) is 11.1 Å². The minimum absolute atomic E-state index is 0.0420. The highest BCUT2D eigenvalue weighted by molar-refractivity contribution is 7.92. The zero-order valence-corrected chi connectivity index (χ0v) is 14.3. The first-order chi connectivity index (χ1) is 9.71. The predicted octanol–water partition coefficient (Wildman–Crippen LogP) is 3.36. The molecule has 21 heavy (non-hydrogen) atoms. The van der Waals surface area contributed by atoms with Gasteiger partial charge in [-0.2, -0.15) is 0 Å². The van der Waals surface area contributed by atoms with E-state index in [0.29, 0.717) is 18.1 Å². The molecule has 0 radical (unpaired) electrons. The summed E-state index contributed by atoms with van der Waals surface area (Å²) in [5.74, 6) is 1.87. The first-order valence-electron chi connectivity index (χ1n) is 7.68. The van der Waals surface area contributed by atoms with Crippen LogP contribution in [-0.2, 0) is 21.7 Å². The van der Waals surface area contributed by atoms with Crippen LogP contribution in [0.2, 0.25) is 0 Å². The van der Waals surface area contributed by atoms with Crippen LogP contribution in [0.1, 0.15) is 45.2 Å². The molecule has 1 aromatic rings. The molecule has 0 N–H and O–H groups in total. The fourth-order valence-electron chi connectivity index (χ4n) is 2.68. The van der Waals surface area contributed by atoms with Crippen molar-refractivity contribution in [1.82, 2.24) is 0 Å². The molecule has 118 valence electrons. The fraction of sp³-hybridized carbons (Fsp3) is 0.647. The van der Waals surface area contributed by atoms with Crippen molar-refractivity contribution >= 4 is 9.84 Å². The van der Waals surface area contributed by atoms with Gasteiger partial charge in [-0.05, 0) is 41.4 Å². The molecule has 1 fully saturated rings. The quantitative estimate of drug-likeness (QED) is 0.837. The summed E-state index contributed by atoms with van der Waals surface area (Å²) < 4.78 is 28.2. The maximum Gasteiger partial charge on any atom is 0.150 e. The number of benzene rings is 1. The van der Waals surface area contributed by atoms with Gasteiger partial charge in [-0.3, -0.25) is 0 Å². The Balaban J connectivity index is 1.99. The van der Waals surface area contributed by atoms with Crippen molar-refractivity contribution in [2.75, 3.05) is 18.1 Å². The molecule has 4 heteroatoms. The molecule has 0 atom stereocenters. The molecule has 1 aromatic carbocycles. The maximum atomic E-state index is 11.1. The average molecular weight is 310 g/mol. The molecule has 1 aliphatic heterocycles. The third-order valence-corrected chi connectivity index (χ3v) is 5.98. The second kappa shape index (κ2) is 5.99. The third-order valence-electron chi connectivity index (χ3n) is 4.02. The summed E-state index contributed by atoms with van der Waals surface area (Å²) in [4.78, 5) is 0. The smallest absolute Gasteiger partial charge is 0.150 e. The Morgan fingerprint density at radius 2 is 1.90 bits per heavy atom. The number of ether oxygens (including phenoxy) is 1. The predicted molar refractivity (Wildman–Crippen MR) is 86.8 cm³/mol. The van der Waals surface area contributed by atoms with Crippen LogP contribution in [0.5, 0.6) is 5.75 Å². The van der Waals surface area contributed by atoms with E-state index in [0.717, 1.165) is 18.6 Å². The van der Waals surface area contributed by atoms with Gasteiger partial charge >= 0.3 is 0 Å². The summed E-state index contributed by atoms with van der Waals surface area (Å²) in [5.41, 5.74) is 2.58. The van der Waals surface area contributed by atoms with Crippen LogP contribution in [0.15, 0.2) is 18.2 Å². The lowest BCUT2D eigenvalue weighted by Crippen LogP contribution is -2.37. The molecule has 3 nitrogen and oxygen atoms in total. The average Bonchev–Trinajstić information content (AvgIpc) is 2.35. The monoisotopic (exact) mass is 310 g/mol. The van der Waals surface area contributed by atoms with Gasteiger partial charge in [-0.25, -0.2) is 8.42 Å². The van der Waals surface area contributed by atoms with Crippen molar-refractivity contribution in [1.29, 1.82) is 0 Å². The van der Waals surface area contributed by atoms with Gasteiger partial charge in [0.25, 0.3) is 0 Å². The van der Waals surface area contributed by atoms with Gasteiger partial charge in [0.2, 0.25) is 0 Å². The van der Waals surface area contributed by atoms with Gasteiger partial charge in [0.15, 0.2) is 9.84 Å². The van der Waals surface area contributed by atoms with E-state index in [2.05, 4.69) is 45.9 Å². The number of hydrogen-bond donors (Lipinski definition) is 0. The Labute approximate surface area is 128 Å². The first-order valence-corrected chi connectivity index (χ1v) is 9.50. The van der Waals surface area contributed by atoms with Crippen molar-refractivity contribution in [2.24, 2.45) is 5.92 Å². The van der Waals surface area contributed by atoms with E-state index in [-0.39, 0.29) is 11.3 Å². The summed E-state index contributed by atoms with van der Waals surface area (Å²) in [6.45, 7) is 9.31. The summed E-state index contributed by atoms with van der Waals surface area (Å²) >= 11 is 0. The molecule has 0 spiro atoms. The van der Waals surface area contributed by atoms with Crippen molar-refractivity contribution in [3.8, 4) is 5.75 Å². The van der Waals surface area contributed by atoms with E-state index >= 15 is 0 Å². The number of aryl methyl sites for hydroxylation is 1. The summed E-state index contributed by atoms with van der Waals surface area (Å²) in [6.07, 6.45) is 1.83. The lowest BCUT2D eigenvalue weighted by atomic mass is 9.85. The van der Waals surface area contributed by atoms with E-state index < -0.39 is 9.84 Å². The molecular formula is C17H26O3S. The van der Waals surface area contributed by atoms with E-state index in [9.17, 15) is 8.42 Å². The van der Waals surface area contributed by atoms with Crippen molar-refractivity contribution in [3.63, 3.8) is 0 Å². The third kappa shape index (κ3) is 4.22. The van der Waals surface area contributed by atoms with Crippen LogP contribution >= 0.6 is 0 Å². The Morgan fingerprint density at radius 3 is 2.43 bits per heavy atom. The van der Waals surface area contributed by atoms with Crippen LogP contribution < -0.4 is 4.74 Å². The molecule has 1 heterocycles. The number of sulfone groups is 1. The van der Waals surface area contributed by atoms with Crippen LogP contribution in [0.25, 0.3) is 0 Å². The lowest BCUT2D eigenvalue weighted by molar-refractivity contribution is 0.279. The Kier molecular flexibility index (Phi) is 4.66. The number of hydrogen-bond acceptors (Lipinski definition) is 3. The first kappa shape index (κ1) is 16.3. The Morgan fingerprint density at radius 1 is 1.24 bits per heavy atom. The highest BCUT2D eigenvalue weighted by Crippen LogP contribution is 2.33. The van der Waals surface area contributed by atoms with E-state index in [1.807, 2.05) is 0 Å². The molecule has 1 saturated heterocycles. The molecule has 0 saturated carbocycles. The molecule has 0 amide bonds. The molecule has 0 unspecified atom stereocenters. The fourth-order valence-corrected chi connectivity index (χ4v) is 4.35. The molecule has 0 aliphatic carbocycles. The van der Waals surface area contributed by atoms with Crippen LogP contribution in [0.4, 0.5) is 0 Å². The Hall–Kier alpha value is -1.03. The van der Waals surface area contributed by atoms with Gasteiger partial charge in [-0.1, -0.05) is 39.8 Å². The van der Waals surface area contributed by atoms with Crippen molar-refractivity contribution < 1.29 is 13.2 Å². The minimum atomic E-state index is -2.72. The Bertz CT molecular complexity index is 585. The van der Waals surface area contributed by atoms with Crippen LogP contribution in [0, 0.1) is 5.92 Å². The summed E-state index contributed by atoms with van der Waals surface area (Å²) in [6, 6.07) is 6.39. The highest BCUT2D eigenvalue weighted by atomic mass is 32.2. The maximum absolute atomic E-state index is 11.1. The van der Waals surface area contributed by atoms with Crippen molar-refractivity contribution in [2.45, 2.75) is 46.0 Å². The van der Waals surface area contributed by atoms with Gasteiger partial charge in [0.05, 0.1) is 18.1 Å². The summed E-state index contributed by atoms with van der Waals surface area (Å²) in [5, 5.41) is 0. The second-order valence-electron chi connectivity index (χ2n) is 7.01. The summed E-state index contributed by atoms with van der Waals surface area (Å²) in [7, 11) is -2.72. The largest absolute Gasteiger partial charge is 0.493 e. The molecular weight excluding hydrogens is 284 g/mol. The van der Waals surface area contributed by atoms with E-state index in [4.69, 9.17) is 4.74 Å². The second-order valence-corrected chi connectivity index (χ2v) is 9.17. The topological polar surface area (TPSA) is 43.4 Å². The number of rotatable bonds is 5. The molecule has 0 bridgehead atoms. The van der Waals surface area contributed by atoms with E-state index in [1.54, 1.807) is 0 Å². The zero-order valence-electron chi connectivity index (χ0n) is 13.5. The van der Waals surface area contributed by atoms with Crippen LogP contribution in [-0.4, -0.2) is 26.5 Å². The molecule has 1 aliphatic rings. The zero-order chi connectivity index (χ0) is 15.7. The molecule has 2 rings (SSSR count). The molecule has 0 aromatic heterocycles. The van der Waals surface area contributed by atoms with Gasteiger partial charge in [-0.15, -0.1) is 0 Å². The minimum Gasteiger partial charge on any atom is -0.493 e. The standard InChI is InChI=1S/C17H26O3S/c1-5-13-6-7-16(15(10-13)17(2,3)4)20-9-8-14-11-21(18,19)12-14/h6-7,10,14H,5,8-9,11-12H2,1-4H3. The van der Waals surface area contributed by atoms with Crippen LogP contribution in [0.3, 0.4) is 0 Å². The lowest BCUT2D eigenvalue weighted by Gasteiger charge is -2.27. The normalized spacial score (nSPS) is 18.3. The van der Waals surface area contributed by atoms with Crippen molar-refractivity contribution in [3.05, 3.63) is 29.3 Å². The van der Waals surface area contributed by atoms with Gasteiger partial charge in [0.1, 0.15) is 5.75 Å². The SMILES string of the molecule is CCc1ccc(OCCC2CS(=O)(=O)C2)c(C(C)(C)C)c1. The van der Waals surface area contributed by atoms with Gasteiger partial charge < -0.3 is 4.74 Å².